The van der Waals surface area contributed by atoms with E-state index >= 15 is 0 Å². The number of benzene rings is 1. The van der Waals surface area contributed by atoms with Gasteiger partial charge in [-0.25, -0.2) is 5.84 Å². The van der Waals surface area contributed by atoms with E-state index in [9.17, 15) is 9.59 Å². The maximum atomic E-state index is 13.8. The van der Waals surface area contributed by atoms with Crippen molar-refractivity contribution in [3.05, 3.63) is 64.6 Å². The molecule has 0 bridgehead atoms. The number of ether oxygens (including phenoxy) is 1. The van der Waals surface area contributed by atoms with Gasteiger partial charge in [-0.3, -0.25) is 9.59 Å². The maximum Gasteiger partial charge on any atom is 0.272 e. The minimum Gasteiger partial charge on any atom is -0.494 e. The first-order valence-electron chi connectivity index (χ1n) is 12.8. The third-order valence-electron chi connectivity index (χ3n) is 6.15. The van der Waals surface area contributed by atoms with Gasteiger partial charge < -0.3 is 20.0 Å². The number of thioether (sulfide) groups is 1. The molecule has 1 fully saturated rings. The van der Waals surface area contributed by atoms with E-state index in [1.54, 1.807) is 17.9 Å². The number of piperazine rings is 1. The zero-order chi connectivity index (χ0) is 26.6. The van der Waals surface area contributed by atoms with Crippen LogP contribution in [0.1, 0.15) is 65.4 Å². The molecule has 1 aromatic carbocycles. The fourth-order valence-corrected chi connectivity index (χ4v) is 4.61. The van der Waals surface area contributed by atoms with Crippen molar-refractivity contribution in [1.29, 1.82) is 0 Å². The normalized spacial score (nSPS) is 19.2. The Kier molecular flexibility index (Phi) is 12.1. The molecule has 2 amide bonds. The predicted molar refractivity (Wildman–Crippen MR) is 149 cm³/mol. The van der Waals surface area contributed by atoms with Crippen molar-refractivity contribution < 1.29 is 14.3 Å². The van der Waals surface area contributed by atoms with Crippen molar-refractivity contribution in [3.63, 3.8) is 0 Å². The summed E-state index contributed by atoms with van der Waals surface area (Å²) in [6, 6.07) is 7.61. The van der Waals surface area contributed by atoms with Crippen LogP contribution in [0, 0.1) is 0 Å². The van der Waals surface area contributed by atoms with Crippen molar-refractivity contribution in [2.24, 2.45) is 5.84 Å². The first-order chi connectivity index (χ1) is 17.3. The maximum absolute atomic E-state index is 13.8. The van der Waals surface area contributed by atoms with Gasteiger partial charge in [0.2, 0.25) is 5.91 Å². The largest absolute Gasteiger partial charge is 0.494 e. The molecule has 0 radical (unpaired) electrons. The summed E-state index contributed by atoms with van der Waals surface area (Å²) < 4.78 is 5.80. The average molecular weight is 515 g/mol. The fourth-order valence-electron chi connectivity index (χ4n) is 4.10. The van der Waals surface area contributed by atoms with E-state index in [1.165, 1.54) is 16.8 Å². The van der Waals surface area contributed by atoms with Gasteiger partial charge in [-0.2, -0.15) is 0 Å². The highest BCUT2D eigenvalue weighted by atomic mass is 32.2. The zero-order valence-electron chi connectivity index (χ0n) is 22.2. The molecular weight excluding hydrogens is 472 g/mol. The molecule has 0 spiro atoms. The van der Waals surface area contributed by atoms with Crippen molar-refractivity contribution in [1.82, 2.24) is 15.2 Å². The van der Waals surface area contributed by atoms with Crippen molar-refractivity contribution in [2.45, 2.75) is 71.9 Å². The molecule has 1 saturated heterocycles. The first kappa shape index (κ1) is 29.5. The number of carbonyl (C=O) groups is 2. The minimum atomic E-state index is -1.15. The molecule has 1 aromatic rings. The number of nitrogens with one attached hydrogen (secondary N) is 1. The van der Waals surface area contributed by atoms with Crippen LogP contribution >= 0.6 is 11.8 Å². The van der Waals surface area contributed by atoms with Crippen LogP contribution in [-0.2, 0) is 16.1 Å². The summed E-state index contributed by atoms with van der Waals surface area (Å²) in [5.41, 5.74) is 0.0520. The Bertz CT molecular complexity index is 962. The van der Waals surface area contributed by atoms with Crippen LogP contribution in [0.25, 0.3) is 0 Å². The Morgan fingerprint density at radius 1 is 1.28 bits per heavy atom. The van der Waals surface area contributed by atoms with Crippen molar-refractivity contribution >= 4 is 23.6 Å². The number of amides is 2. The van der Waals surface area contributed by atoms with Crippen LogP contribution in [0.15, 0.2) is 59.0 Å². The van der Waals surface area contributed by atoms with Crippen molar-refractivity contribution in [2.75, 3.05) is 19.7 Å². The summed E-state index contributed by atoms with van der Waals surface area (Å²) in [7, 11) is 0. The number of hydrazine groups is 1. The average Bonchev–Trinajstić information content (AvgIpc) is 2.85. The van der Waals surface area contributed by atoms with Gasteiger partial charge in [-0.1, -0.05) is 57.0 Å². The van der Waals surface area contributed by atoms with E-state index in [-0.39, 0.29) is 24.9 Å². The number of hydrogen-bond acceptors (Lipinski definition) is 6. The lowest BCUT2D eigenvalue weighted by atomic mass is 9.92. The number of hydrogen-bond donors (Lipinski definition) is 2. The third kappa shape index (κ3) is 7.90. The molecule has 0 aliphatic carbocycles. The Morgan fingerprint density at radius 3 is 2.72 bits per heavy atom. The summed E-state index contributed by atoms with van der Waals surface area (Å²) in [6.07, 6.45) is 8.45. The van der Waals surface area contributed by atoms with Crippen LogP contribution in [-0.4, -0.2) is 47.0 Å². The lowest BCUT2D eigenvalue weighted by molar-refractivity contribution is -0.152. The molecule has 8 heteroatoms. The monoisotopic (exact) mass is 514 g/mol. The topological polar surface area (TPSA) is 87.9 Å². The number of nitrogens with two attached hydrogens (primary N) is 1. The summed E-state index contributed by atoms with van der Waals surface area (Å²) >= 11 is 1.51. The lowest BCUT2D eigenvalue weighted by Gasteiger charge is -2.47. The van der Waals surface area contributed by atoms with Crippen molar-refractivity contribution in [3.8, 4) is 5.75 Å². The van der Waals surface area contributed by atoms with Crippen LogP contribution in [0.2, 0.25) is 0 Å². The van der Waals surface area contributed by atoms with Crippen LogP contribution in [0.4, 0.5) is 0 Å². The summed E-state index contributed by atoms with van der Waals surface area (Å²) in [5.74, 6) is 6.57. The number of para-hydroxylation sites is 1. The highest BCUT2D eigenvalue weighted by Gasteiger charge is 2.49. The molecule has 1 aliphatic rings. The second-order valence-corrected chi connectivity index (χ2v) is 10.2. The first-order valence-corrected chi connectivity index (χ1v) is 13.6. The molecule has 3 N–H and O–H groups in total. The minimum absolute atomic E-state index is 0.177. The SMILES string of the molecule is C=C(C/C=C1/C(=O)N(Cc2ccccc2OCC)C(C)(C(=O)NCCCCCC)CN1N)S/C=C\C. The van der Waals surface area contributed by atoms with E-state index in [2.05, 4.69) is 18.8 Å². The smallest absolute Gasteiger partial charge is 0.272 e. The quantitative estimate of drug-likeness (QED) is 0.204. The van der Waals surface area contributed by atoms with Gasteiger partial charge in [0.05, 0.1) is 19.7 Å². The number of allylic oxidation sites excluding steroid dienone is 3. The summed E-state index contributed by atoms with van der Waals surface area (Å²) in [6.45, 7) is 13.3. The fraction of sp³-hybridized carbons (Fsp3) is 0.500. The van der Waals surface area contributed by atoms with Gasteiger partial charge in [0.15, 0.2) is 0 Å². The van der Waals surface area contributed by atoms with E-state index < -0.39 is 5.54 Å². The second-order valence-electron chi connectivity index (χ2n) is 9.07. The molecule has 0 aromatic heterocycles. The number of nitrogens with zero attached hydrogens (tertiary/aromatic N) is 2. The third-order valence-corrected chi connectivity index (χ3v) is 7.06. The molecule has 1 aliphatic heterocycles. The standard InChI is InChI=1S/C28H42N4O3S/c1-6-9-10-13-18-30-27(34)28(5)21-32(29)24(17-16-22(4)36-19-7-2)26(33)31(28)20-23-14-11-12-15-25(23)35-8-3/h7,11-12,14-15,17,19H,4,6,8-10,13,16,18,20-21,29H2,1-3,5H3,(H,30,34)/b19-7-,24-17-. The van der Waals surface area contributed by atoms with Gasteiger partial charge in [0, 0.05) is 12.1 Å². The van der Waals surface area contributed by atoms with Gasteiger partial charge in [0.25, 0.3) is 5.91 Å². The lowest BCUT2D eigenvalue weighted by Crippen LogP contribution is -2.69. The molecule has 1 heterocycles. The molecule has 198 valence electrons. The van der Waals surface area contributed by atoms with E-state index in [4.69, 9.17) is 10.6 Å². The predicted octanol–water partition coefficient (Wildman–Crippen LogP) is 5.11. The number of carbonyl (C=O) groups excluding carboxylic acids is 2. The number of unbranched alkanes of at least 4 members (excludes halogenated alkanes) is 3. The van der Waals surface area contributed by atoms with Gasteiger partial charge in [-0.15, -0.1) is 11.8 Å². The molecule has 2 rings (SSSR count). The summed E-state index contributed by atoms with van der Waals surface area (Å²) in [4.78, 5) is 29.8. The van der Waals surface area contributed by atoms with Gasteiger partial charge in [0.1, 0.15) is 17.0 Å². The van der Waals surface area contributed by atoms with Gasteiger partial charge >= 0.3 is 0 Å². The molecule has 36 heavy (non-hydrogen) atoms. The van der Waals surface area contributed by atoms with Crippen LogP contribution in [0.5, 0.6) is 5.75 Å². The molecule has 7 nitrogen and oxygen atoms in total. The molecular formula is C28H42N4O3S. The zero-order valence-corrected chi connectivity index (χ0v) is 23.0. The highest BCUT2D eigenvalue weighted by molar-refractivity contribution is 8.05. The Balaban J connectivity index is 2.35. The highest BCUT2D eigenvalue weighted by Crippen LogP contribution is 2.32. The molecule has 1 unspecified atom stereocenters. The van der Waals surface area contributed by atoms with Crippen LogP contribution < -0.4 is 15.9 Å². The Hall–Kier alpha value is -2.71. The molecule has 1 atom stereocenters. The van der Waals surface area contributed by atoms with E-state index in [1.807, 2.05) is 49.6 Å². The van der Waals surface area contributed by atoms with E-state index in [0.717, 1.165) is 36.2 Å². The Morgan fingerprint density at radius 2 is 2.03 bits per heavy atom. The van der Waals surface area contributed by atoms with Crippen LogP contribution in [0.3, 0.4) is 0 Å². The second kappa shape index (κ2) is 14.8. The summed E-state index contributed by atoms with van der Waals surface area (Å²) in [5, 5.41) is 6.39. The van der Waals surface area contributed by atoms with E-state index in [0.29, 0.717) is 31.0 Å². The molecule has 0 saturated carbocycles. The Labute approximate surface area is 220 Å². The van der Waals surface area contributed by atoms with Gasteiger partial charge in [-0.05, 0) is 56.1 Å². The number of rotatable bonds is 14.